The molecule has 0 atom stereocenters. The molecule has 1 aromatic heterocycles. The third kappa shape index (κ3) is 3.30. The lowest BCUT2D eigenvalue weighted by Gasteiger charge is -2.40. The van der Waals surface area contributed by atoms with Crippen LogP contribution in [-0.2, 0) is 6.54 Å². The van der Waals surface area contributed by atoms with Crippen LogP contribution in [-0.4, -0.2) is 18.1 Å². The molecule has 1 fully saturated rings. The number of nitriles is 1. The number of hydrazine groups is 1. The van der Waals surface area contributed by atoms with Gasteiger partial charge in [0.15, 0.2) is 0 Å². The zero-order valence-corrected chi connectivity index (χ0v) is 16.2. The highest BCUT2D eigenvalue weighted by atomic mass is 79.9. The first-order chi connectivity index (χ1) is 12.3. The van der Waals surface area contributed by atoms with Crippen molar-refractivity contribution in [1.82, 2.24) is 5.01 Å². The second kappa shape index (κ2) is 7.17. The number of halogens is 1. The lowest BCUT2D eigenvalue weighted by molar-refractivity contribution is 0.206. The quantitative estimate of drug-likeness (QED) is 0.565. The van der Waals surface area contributed by atoms with E-state index in [0.717, 1.165) is 40.4 Å². The molecule has 1 saturated heterocycles. The normalized spacial score (nSPS) is 15.4. The van der Waals surface area contributed by atoms with Gasteiger partial charge in [0.1, 0.15) is 0 Å². The van der Waals surface area contributed by atoms with Gasteiger partial charge in [-0.2, -0.15) is 5.26 Å². The molecule has 0 amide bonds. The zero-order valence-electron chi connectivity index (χ0n) is 13.8. The Morgan fingerprint density at radius 2 is 1.88 bits per heavy atom. The van der Waals surface area contributed by atoms with Crippen LogP contribution in [0.15, 0.2) is 52.3 Å². The van der Waals surface area contributed by atoms with Gasteiger partial charge in [-0.25, -0.2) is 5.01 Å². The summed E-state index contributed by atoms with van der Waals surface area (Å²) in [6.07, 6.45) is 2.41. The Labute approximate surface area is 160 Å². The molecule has 3 nitrogen and oxygen atoms in total. The second-order valence-corrected chi connectivity index (χ2v) is 8.15. The highest BCUT2D eigenvalue weighted by molar-refractivity contribution is 9.10. The first kappa shape index (κ1) is 16.6. The van der Waals surface area contributed by atoms with Crippen molar-refractivity contribution in [3.63, 3.8) is 0 Å². The minimum absolute atomic E-state index is 0.741. The van der Waals surface area contributed by atoms with Crippen LogP contribution in [0.4, 0.5) is 5.69 Å². The summed E-state index contributed by atoms with van der Waals surface area (Å²) in [4.78, 5) is 1.36. The van der Waals surface area contributed by atoms with Crippen molar-refractivity contribution in [2.45, 2.75) is 19.4 Å². The van der Waals surface area contributed by atoms with E-state index < -0.39 is 0 Å². The van der Waals surface area contributed by atoms with Crippen molar-refractivity contribution < 1.29 is 0 Å². The van der Waals surface area contributed by atoms with E-state index in [-0.39, 0.29) is 0 Å². The fourth-order valence-electron chi connectivity index (χ4n) is 3.48. The number of rotatable bonds is 3. The molecule has 0 aliphatic carbocycles. The van der Waals surface area contributed by atoms with E-state index in [1.807, 2.05) is 18.2 Å². The molecule has 0 radical (unpaired) electrons. The van der Waals surface area contributed by atoms with Gasteiger partial charge in [-0.3, -0.25) is 0 Å². The minimum Gasteiger partial charge on any atom is -0.305 e. The lowest BCUT2D eigenvalue weighted by Crippen LogP contribution is -2.46. The Morgan fingerprint density at radius 3 is 2.64 bits per heavy atom. The smallest absolute Gasteiger partial charge is 0.0998 e. The number of benzene rings is 2. The molecule has 5 heteroatoms. The van der Waals surface area contributed by atoms with E-state index in [1.54, 1.807) is 11.3 Å². The van der Waals surface area contributed by atoms with E-state index in [2.05, 4.69) is 61.7 Å². The summed E-state index contributed by atoms with van der Waals surface area (Å²) in [6.45, 7) is 3.00. The van der Waals surface area contributed by atoms with Crippen LogP contribution in [0.5, 0.6) is 0 Å². The molecule has 1 aliphatic heterocycles. The maximum atomic E-state index is 9.41. The highest BCUT2D eigenvalue weighted by Crippen LogP contribution is 2.33. The van der Waals surface area contributed by atoms with Crippen LogP contribution >= 0.6 is 27.3 Å². The number of fused-ring (bicyclic) bond motifs is 1. The molecule has 0 spiro atoms. The molecule has 2 aromatic carbocycles. The fraction of sp³-hybridized carbons (Fsp3) is 0.250. The second-order valence-electron chi connectivity index (χ2n) is 6.24. The monoisotopic (exact) mass is 411 g/mol. The summed E-state index contributed by atoms with van der Waals surface area (Å²) in [6, 6.07) is 16.8. The maximum Gasteiger partial charge on any atom is 0.0998 e. The Kier molecular flexibility index (Phi) is 4.76. The van der Waals surface area contributed by atoms with Crippen LogP contribution in [0.3, 0.4) is 0 Å². The van der Waals surface area contributed by atoms with Crippen LogP contribution in [0.25, 0.3) is 10.8 Å². The molecule has 0 N–H and O–H groups in total. The van der Waals surface area contributed by atoms with E-state index in [4.69, 9.17) is 0 Å². The van der Waals surface area contributed by atoms with Crippen molar-refractivity contribution in [2.24, 2.45) is 0 Å². The Balaban J connectivity index is 1.74. The van der Waals surface area contributed by atoms with Gasteiger partial charge in [-0.05, 0) is 47.0 Å². The first-order valence-electron chi connectivity index (χ1n) is 8.43. The lowest BCUT2D eigenvalue weighted by atomic mass is 10.0. The molecule has 0 saturated carbocycles. The number of thiophene rings is 1. The highest BCUT2D eigenvalue weighted by Gasteiger charge is 2.23. The molecule has 126 valence electrons. The number of anilines is 1. The number of hydrogen-bond acceptors (Lipinski definition) is 4. The van der Waals surface area contributed by atoms with E-state index in [0.29, 0.717) is 0 Å². The first-order valence-corrected chi connectivity index (χ1v) is 10.1. The summed E-state index contributed by atoms with van der Waals surface area (Å²) >= 11 is 5.34. The van der Waals surface area contributed by atoms with Crippen molar-refractivity contribution in [1.29, 1.82) is 5.26 Å². The van der Waals surface area contributed by atoms with Gasteiger partial charge in [0.05, 0.1) is 23.9 Å². The number of nitrogens with zero attached hydrogens (tertiary/aromatic N) is 3. The van der Waals surface area contributed by atoms with Crippen LogP contribution in [0.2, 0.25) is 0 Å². The third-order valence-electron chi connectivity index (χ3n) is 4.64. The van der Waals surface area contributed by atoms with Gasteiger partial charge in [0.25, 0.3) is 0 Å². The van der Waals surface area contributed by atoms with E-state index >= 15 is 0 Å². The number of hydrogen-bond donors (Lipinski definition) is 0. The van der Waals surface area contributed by atoms with Gasteiger partial charge in [-0.15, -0.1) is 11.3 Å². The summed E-state index contributed by atoms with van der Waals surface area (Å²) in [5, 5.41) is 18.6. The molecule has 1 aliphatic rings. The topological polar surface area (TPSA) is 30.3 Å². The fourth-order valence-corrected chi connectivity index (χ4v) is 4.94. The molecule has 4 rings (SSSR count). The van der Waals surface area contributed by atoms with Crippen molar-refractivity contribution in [3.8, 4) is 6.07 Å². The van der Waals surface area contributed by atoms with E-state index in [9.17, 15) is 5.26 Å². The summed E-state index contributed by atoms with van der Waals surface area (Å²) in [7, 11) is 0. The average Bonchev–Trinajstić information content (AvgIpc) is 3.06. The van der Waals surface area contributed by atoms with Crippen molar-refractivity contribution >= 4 is 43.7 Å². The summed E-state index contributed by atoms with van der Waals surface area (Å²) < 4.78 is 1.15. The minimum atomic E-state index is 0.741. The van der Waals surface area contributed by atoms with Gasteiger partial charge in [0.2, 0.25) is 0 Å². The molecule has 25 heavy (non-hydrogen) atoms. The molecule has 0 bridgehead atoms. The van der Waals surface area contributed by atoms with Gasteiger partial charge < -0.3 is 5.01 Å². The predicted octanol–water partition coefficient (Wildman–Crippen LogP) is 5.55. The van der Waals surface area contributed by atoms with Gasteiger partial charge in [0, 0.05) is 38.6 Å². The Morgan fingerprint density at radius 1 is 1.08 bits per heavy atom. The molecule has 2 heterocycles. The van der Waals surface area contributed by atoms with Crippen LogP contribution < -0.4 is 5.01 Å². The largest absolute Gasteiger partial charge is 0.305 e. The summed E-state index contributed by atoms with van der Waals surface area (Å²) in [5.41, 5.74) is 1.94. The zero-order chi connectivity index (χ0) is 17.2. The van der Waals surface area contributed by atoms with Gasteiger partial charge in [-0.1, -0.05) is 24.3 Å². The predicted molar refractivity (Wildman–Crippen MR) is 108 cm³/mol. The molecule has 3 aromatic rings. The van der Waals surface area contributed by atoms with Crippen LogP contribution in [0.1, 0.15) is 23.3 Å². The SMILES string of the molecule is N#Cc1ccc(N2CCCCN2Cc2cc(Br)cs2)c2ccccc12. The van der Waals surface area contributed by atoms with Gasteiger partial charge >= 0.3 is 0 Å². The Hall–Kier alpha value is -1.87. The molecular formula is C20H18BrN3S. The van der Waals surface area contributed by atoms with Crippen LogP contribution in [0, 0.1) is 11.3 Å². The van der Waals surface area contributed by atoms with Crippen molar-refractivity contribution in [2.75, 3.05) is 18.1 Å². The summed E-state index contributed by atoms with van der Waals surface area (Å²) in [5.74, 6) is 0. The standard InChI is InChI=1S/C20H18BrN3S/c21-16-11-17(25-14-16)13-23-9-3-4-10-24(23)20-8-7-15(12-22)18-5-1-2-6-19(18)20/h1-2,5-8,11,14H,3-4,9-10,13H2. The maximum absolute atomic E-state index is 9.41. The van der Waals surface area contributed by atoms with Crippen molar-refractivity contribution in [3.05, 3.63) is 62.8 Å². The molecular weight excluding hydrogens is 394 g/mol. The molecule has 0 unspecified atom stereocenters. The average molecular weight is 412 g/mol. The third-order valence-corrected chi connectivity index (χ3v) is 6.32. The van der Waals surface area contributed by atoms with E-state index in [1.165, 1.54) is 23.4 Å². The Bertz CT molecular complexity index is 944.